The molecule has 2 bridgehead atoms. The molecule has 4 heterocycles. The van der Waals surface area contributed by atoms with Crippen molar-refractivity contribution in [3.05, 3.63) is 53.8 Å². The maximum Gasteiger partial charge on any atom is 0.408 e. The van der Waals surface area contributed by atoms with E-state index in [2.05, 4.69) is 10.2 Å². The van der Waals surface area contributed by atoms with Crippen molar-refractivity contribution in [1.29, 1.82) is 0 Å². The molecule has 5 nitrogen and oxygen atoms in total. The summed E-state index contributed by atoms with van der Waals surface area (Å²) in [4.78, 5) is 15.1. The van der Waals surface area contributed by atoms with Crippen molar-refractivity contribution in [3.63, 3.8) is 0 Å². The Hall–Kier alpha value is -2.60. The molecule has 2 atom stereocenters. The zero-order valence-electron chi connectivity index (χ0n) is 17.4. The molecule has 2 aromatic rings. The Morgan fingerprint density at radius 3 is 2.63 bits per heavy atom. The molecule has 0 aliphatic carbocycles. The molecule has 3 saturated heterocycles. The number of carbonyl (C=O) groups is 1. The van der Waals surface area contributed by atoms with Crippen LogP contribution < -0.4 is 10.1 Å². The third-order valence-electron chi connectivity index (χ3n) is 6.66. The second-order valence-corrected chi connectivity index (χ2v) is 9.13. The summed E-state index contributed by atoms with van der Waals surface area (Å²) in [5.74, 6) is 0.911. The molecule has 0 radical (unpaired) electrons. The highest BCUT2D eigenvalue weighted by molar-refractivity contribution is 5.71. The van der Waals surface area contributed by atoms with Gasteiger partial charge in [0.05, 0.1) is 0 Å². The van der Waals surface area contributed by atoms with E-state index in [-0.39, 0.29) is 18.0 Å². The lowest BCUT2D eigenvalue weighted by atomic mass is 9.86. The minimum absolute atomic E-state index is 0.0453. The van der Waals surface area contributed by atoms with Crippen LogP contribution in [0.2, 0.25) is 0 Å². The summed E-state index contributed by atoms with van der Waals surface area (Å²) in [6.45, 7) is 6.93. The molecule has 6 rings (SSSR count). The Balaban J connectivity index is 1.36. The van der Waals surface area contributed by atoms with E-state index >= 15 is 0 Å². The van der Waals surface area contributed by atoms with Crippen LogP contribution >= 0.6 is 0 Å². The summed E-state index contributed by atoms with van der Waals surface area (Å²) >= 11 is 0. The summed E-state index contributed by atoms with van der Waals surface area (Å²) in [6.07, 6.45) is 1.74. The van der Waals surface area contributed by atoms with E-state index in [1.807, 2.05) is 38.1 Å². The normalized spacial score (nSPS) is 28.5. The zero-order valence-corrected chi connectivity index (χ0v) is 17.4. The van der Waals surface area contributed by atoms with Crippen molar-refractivity contribution >= 4 is 6.09 Å². The maximum absolute atomic E-state index is 13.7. The molecule has 3 fully saturated rings. The molecular formula is C24H27FN2O3. The first kappa shape index (κ1) is 19.4. The van der Waals surface area contributed by atoms with Gasteiger partial charge in [-0.15, -0.1) is 0 Å². The first-order valence-corrected chi connectivity index (χ1v) is 10.7. The monoisotopic (exact) mass is 410 g/mol. The molecule has 1 unspecified atom stereocenters. The largest absolute Gasteiger partial charge is 0.485 e. The Morgan fingerprint density at radius 2 is 1.93 bits per heavy atom. The van der Waals surface area contributed by atoms with Crippen molar-refractivity contribution in [2.45, 2.75) is 44.4 Å². The van der Waals surface area contributed by atoms with Gasteiger partial charge in [0.2, 0.25) is 0 Å². The Morgan fingerprint density at radius 1 is 1.17 bits per heavy atom. The van der Waals surface area contributed by atoms with Gasteiger partial charge in [0.1, 0.15) is 29.3 Å². The van der Waals surface area contributed by atoms with Gasteiger partial charge in [-0.1, -0.05) is 18.2 Å². The van der Waals surface area contributed by atoms with E-state index in [1.54, 1.807) is 6.07 Å². The predicted octanol–water partition coefficient (Wildman–Crippen LogP) is 4.53. The maximum atomic E-state index is 13.7. The second-order valence-electron chi connectivity index (χ2n) is 9.13. The minimum atomic E-state index is -0.614. The van der Waals surface area contributed by atoms with Crippen LogP contribution in [0.5, 0.6) is 5.75 Å². The molecule has 0 spiro atoms. The molecule has 4 aliphatic rings. The van der Waals surface area contributed by atoms with Gasteiger partial charge in [0, 0.05) is 12.1 Å². The molecule has 1 amide bonds. The average molecular weight is 410 g/mol. The SMILES string of the molecule is CC1(C)Oc2ccc(-c3cccc(F)c3)cc2C1NC(=O)O[C@@H]1CN2CCC1CC2. The number of amides is 1. The van der Waals surface area contributed by atoms with Crippen LogP contribution in [0.15, 0.2) is 42.5 Å². The summed E-state index contributed by atoms with van der Waals surface area (Å²) in [6, 6.07) is 11.9. The number of rotatable bonds is 3. The first-order chi connectivity index (χ1) is 14.4. The highest BCUT2D eigenvalue weighted by Gasteiger charge is 2.43. The minimum Gasteiger partial charge on any atom is -0.485 e. The van der Waals surface area contributed by atoms with Crippen LogP contribution in [-0.2, 0) is 4.74 Å². The smallest absolute Gasteiger partial charge is 0.408 e. The first-order valence-electron chi connectivity index (χ1n) is 10.7. The molecule has 0 saturated carbocycles. The molecule has 4 aliphatic heterocycles. The quantitative estimate of drug-likeness (QED) is 0.808. The van der Waals surface area contributed by atoms with Crippen LogP contribution in [0.3, 0.4) is 0 Å². The highest BCUT2D eigenvalue weighted by atomic mass is 19.1. The number of nitrogens with zero attached hydrogens (tertiary/aromatic N) is 1. The van der Waals surface area contributed by atoms with E-state index in [4.69, 9.17) is 9.47 Å². The van der Waals surface area contributed by atoms with Gasteiger partial charge in [-0.2, -0.15) is 0 Å². The fraction of sp³-hybridized carbons (Fsp3) is 0.458. The highest BCUT2D eigenvalue weighted by Crippen LogP contribution is 2.44. The Kier molecular flexibility index (Phi) is 4.69. The van der Waals surface area contributed by atoms with Crippen molar-refractivity contribution < 1.29 is 18.7 Å². The molecule has 6 heteroatoms. The van der Waals surface area contributed by atoms with Gasteiger partial charge in [-0.05, 0) is 81.1 Å². The Labute approximate surface area is 176 Å². The van der Waals surface area contributed by atoms with E-state index in [0.29, 0.717) is 5.92 Å². The van der Waals surface area contributed by atoms with Crippen LogP contribution in [0.4, 0.5) is 9.18 Å². The van der Waals surface area contributed by atoms with Crippen molar-refractivity contribution in [2.75, 3.05) is 19.6 Å². The lowest BCUT2D eigenvalue weighted by Crippen LogP contribution is -2.53. The number of nitrogens with one attached hydrogen (secondary N) is 1. The number of ether oxygens (including phenoxy) is 2. The fourth-order valence-corrected chi connectivity index (χ4v) is 5.02. The molecular weight excluding hydrogens is 383 g/mol. The van der Waals surface area contributed by atoms with E-state index in [1.165, 1.54) is 12.1 Å². The third kappa shape index (κ3) is 3.54. The lowest BCUT2D eigenvalue weighted by Gasteiger charge is -2.44. The number of halogens is 1. The summed E-state index contributed by atoms with van der Waals surface area (Å²) < 4.78 is 25.6. The van der Waals surface area contributed by atoms with Gasteiger partial charge in [0.15, 0.2) is 0 Å². The number of fused-ring (bicyclic) bond motifs is 4. The number of piperidine rings is 3. The number of carbonyl (C=O) groups excluding carboxylic acids is 1. The summed E-state index contributed by atoms with van der Waals surface area (Å²) in [5, 5.41) is 3.04. The van der Waals surface area contributed by atoms with Crippen molar-refractivity contribution in [3.8, 4) is 16.9 Å². The number of benzene rings is 2. The fourth-order valence-electron chi connectivity index (χ4n) is 5.02. The van der Waals surface area contributed by atoms with E-state index in [9.17, 15) is 9.18 Å². The average Bonchev–Trinajstić information content (AvgIpc) is 2.98. The topological polar surface area (TPSA) is 50.8 Å². The summed E-state index contributed by atoms with van der Waals surface area (Å²) in [7, 11) is 0. The van der Waals surface area contributed by atoms with Crippen LogP contribution in [0.25, 0.3) is 11.1 Å². The van der Waals surface area contributed by atoms with Gasteiger partial charge in [0.25, 0.3) is 0 Å². The lowest BCUT2D eigenvalue weighted by molar-refractivity contribution is -0.0358. The van der Waals surface area contributed by atoms with Gasteiger partial charge >= 0.3 is 6.09 Å². The molecule has 2 aromatic carbocycles. The van der Waals surface area contributed by atoms with Crippen LogP contribution in [0, 0.1) is 11.7 Å². The number of hydrogen-bond donors (Lipinski definition) is 1. The van der Waals surface area contributed by atoms with Crippen LogP contribution in [0.1, 0.15) is 38.3 Å². The van der Waals surface area contributed by atoms with E-state index in [0.717, 1.165) is 54.9 Å². The standard InChI is InChI=1S/C24H27FN2O3/c1-24(2)22(26-23(28)29-21-14-27-10-8-15(21)9-11-27)19-13-17(6-7-20(19)30-24)16-4-3-5-18(25)12-16/h3-7,12-13,15,21-22H,8-11,14H2,1-2H3,(H,26,28)/t21-,22?/m1/s1. The zero-order chi connectivity index (χ0) is 20.9. The van der Waals surface area contributed by atoms with Gasteiger partial charge in [-0.3, -0.25) is 4.90 Å². The second kappa shape index (κ2) is 7.27. The molecule has 158 valence electrons. The van der Waals surface area contributed by atoms with Gasteiger partial charge in [-0.25, -0.2) is 9.18 Å². The van der Waals surface area contributed by atoms with Gasteiger partial charge < -0.3 is 14.8 Å². The molecule has 0 aromatic heterocycles. The summed E-state index contributed by atoms with van der Waals surface area (Å²) in [5.41, 5.74) is 1.94. The number of hydrogen-bond acceptors (Lipinski definition) is 4. The van der Waals surface area contributed by atoms with E-state index < -0.39 is 11.7 Å². The van der Waals surface area contributed by atoms with Crippen LogP contribution in [-0.4, -0.2) is 42.3 Å². The van der Waals surface area contributed by atoms with Crippen molar-refractivity contribution in [2.24, 2.45) is 5.92 Å². The van der Waals surface area contributed by atoms with Crippen molar-refractivity contribution in [1.82, 2.24) is 10.2 Å². The molecule has 1 N–H and O–H groups in total. The molecule has 30 heavy (non-hydrogen) atoms. The Bertz CT molecular complexity index is 969. The third-order valence-corrected chi connectivity index (χ3v) is 6.66. The predicted molar refractivity (Wildman–Crippen MR) is 112 cm³/mol. The number of alkyl carbamates (subject to hydrolysis) is 1.